The molecule has 1 atom stereocenters. The Morgan fingerprint density at radius 1 is 1.28 bits per heavy atom. The van der Waals surface area contributed by atoms with Gasteiger partial charge < -0.3 is 9.64 Å². The Labute approximate surface area is 113 Å². The van der Waals surface area contributed by atoms with Crippen LogP contribution in [0.25, 0.3) is 0 Å². The smallest absolute Gasteiger partial charge is 0.322 e. The monoisotopic (exact) mass is 270 g/mol. The first-order chi connectivity index (χ1) is 8.56. The molecular weight excluding hydrogens is 252 g/mol. The van der Waals surface area contributed by atoms with Gasteiger partial charge in [-0.15, -0.1) is 0 Å². The summed E-state index contributed by atoms with van der Waals surface area (Å²) < 4.78 is 5.49. The van der Waals surface area contributed by atoms with Crippen LogP contribution in [0.4, 0.5) is 5.95 Å². The van der Waals surface area contributed by atoms with Gasteiger partial charge in [0.25, 0.3) is 0 Å². The lowest BCUT2D eigenvalue weighted by Crippen LogP contribution is -2.38. The van der Waals surface area contributed by atoms with Gasteiger partial charge in [0.2, 0.25) is 11.2 Å². The molecule has 1 saturated heterocycles. The van der Waals surface area contributed by atoms with Gasteiger partial charge in [0.1, 0.15) is 0 Å². The molecule has 0 spiro atoms. The van der Waals surface area contributed by atoms with E-state index in [1.54, 1.807) is 0 Å². The van der Waals surface area contributed by atoms with Crippen molar-refractivity contribution in [2.45, 2.75) is 52.2 Å². The van der Waals surface area contributed by atoms with Gasteiger partial charge in [0, 0.05) is 12.6 Å². The summed E-state index contributed by atoms with van der Waals surface area (Å²) in [5.41, 5.74) is 0. The molecular formula is C12H19ClN4O. The zero-order valence-electron chi connectivity index (χ0n) is 11.1. The molecule has 0 aliphatic carbocycles. The molecule has 1 aromatic heterocycles. The number of hydrogen-bond acceptors (Lipinski definition) is 5. The number of hydrogen-bond donors (Lipinski definition) is 0. The second kappa shape index (κ2) is 5.69. The van der Waals surface area contributed by atoms with Gasteiger partial charge >= 0.3 is 6.01 Å². The van der Waals surface area contributed by atoms with Crippen molar-refractivity contribution in [1.82, 2.24) is 15.0 Å². The van der Waals surface area contributed by atoms with Crippen LogP contribution >= 0.6 is 11.6 Å². The minimum Gasteiger partial charge on any atom is -0.461 e. The summed E-state index contributed by atoms with van der Waals surface area (Å²) in [7, 11) is 0. The molecule has 0 aromatic carbocycles. The molecule has 0 saturated carbocycles. The maximum Gasteiger partial charge on any atom is 0.322 e. The van der Waals surface area contributed by atoms with E-state index in [1.807, 2.05) is 13.8 Å². The molecule has 0 N–H and O–H groups in total. The van der Waals surface area contributed by atoms with E-state index in [1.165, 1.54) is 6.42 Å². The average molecular weight is 271 g/mol. The van der Waals surface area contributed by atoms with Crippen LogP contribution in [0.3, 0.4) is 0 Å². The summed E-state index contributed by atoms with van der Waals surface area (Å²) in [6, 6.07) is 0.738. The fourth-order valence-electron chi connectivity index (χ4n) is 2.11. The molecule has 18 heavy (non-hydrogen) atoms. The third kappa shape index (κ3) is 3.22. The molecule has 2 rings (SSSR count). The minimum absolute atomic E-state index is 0.0232. The topological polar surface area (TPSA) is 51.1 Å². The molecule has 1 unspecified atom stereocenters. The van der Waals surface area contributed by atoms with Gasteiger partial charge in [0.15, 0.2) is 0 Å². The van der Waals surface area contributed by atoms with Crippen molar-refractivity contribution in [2.24, 2.45) is 0 Å². The highest BCUT2D eigenvalue weighted by Gasteiger charge is 2.22. The maximum absolute atomic E-state index is 5.93. The zero-order chi connectivity index (χ0) is 13.1. The second-order valence-electron chi connectivity index (χ2n) is 4.89. The minimum atomic E-state index is 0.0232. The summed E-state index contributed by atoms with van der Waals surface area (Å²) >= 11 is 5.93. The fraction of sp³-hybridized carbons (Fsp3) is 0.750. The van der Waals surface area contributed by atoms with E-state index < -0.39 is 0 Å². The summed E-state index contributed by atoms with van der Waals surface area (Å²) in [5.74, 6) is 0.623. The number of piperidine rings is 1. The van der Waals surface area contributed by atoms with E-state index in [9.17, 15) is 0 Å². The van der Waals surface area contributed by atoms with Gasteiger partial charge in [-0.25, -0.2) is 0 Å². The van der Waals surface area contributed by atoms with Crippen molar-refractivity contribution in [3.8, 4) is 6.01 Å². The lowest BCUT2D eigenvalue weighted by Gasteiger charge is -2.33. The molecule has 6 heteroatoms. The number of nitrogens with zero attached hydrogens (tertiary/aromatic N) is 4. The van der Waals surface area contributed by atoms with Crippen LogP contribution in [0.15, 0.2) is 0 Å². The second-order valence-corrected chi connectivity index (χ2v) is 5.23. The largest absolute Gasteiger partial charge is 0.461 e. The number of aromatic nitrogens is 3. The van der Waals surface area contributed by atoms with E-state index in [0.717, 1.165) is 19.4 Å². The Morgan fingerprint density at radius 3 is 2.72 bits per heavy atom. The molecule has 1 aliphatic heterocycles. The third-order valence-electron chi connectivity index (χ3n) is 2.98. The van der Waals surface area contributed by atoms with Crippen LogP contribution in [0.1, 0.15) is 40.0 Å². The first-order valence-electron chi connectivity index (χ1n) is 6.41. The Bertz CT molecular complexity index is 413. The molecule has 0 radical (unpaired) electrons. The van der Waals surface area contributed by atoms with Crippen LogP contribution in [0, 0.1) is 0 Å². The van der Waals surface area contributed by atoms with E-state index >= 15 is 0 Å². The van der Waals surface area contributed by atoms with Crippen LogP contribution in [0.2, 0.25) is 5.28 Å². The standard InChI is InChI=1S/C12H19ClN4O/c1-8(2)18-12-15-10(13)14-11(16-12)17-7-5-4-6-9(17)3/h8-9H,4-7H2,1-3H3. The molecule has 5 nitrogen and oxygen atoms in total. The fourth-order valence-corrected chi connectivity index (χ4v) is 2.26. The predicted molar refractivity (Wildman–Crippen MR) is 71.3 cm³/mol. The molecule has 1 fully saturated rings. The average Bonchev–Trinajstić information content (AvgIpc) is 2.27. The summed E-state index contributed by atoms with van der Waals surface area (Å²) in [5, 5.41) is 0.188. The molecule has 0 amide bonds. The maximum atomic E-state index is 5.93. The van der Waals surface area contributed by atoms with Gasteiger partial charge in [-0.3, -0.25) is 0 Å². The normalized spacial score (nSPS) is 20.3. The first-order valence-corrected chi connectivity index (χ1v) is 6.79. The summed E-state index contributed by atoms with van der Waals surface area (Å²) in [6.07, 6.45) is 3.60. The first kappa shape index (κ1) is 13.3. The summed E-state index contributed by atoms with van der Waals surface area (Å²) in [4.78, 5) is 14.7. The van der Waals surface area contributed by atoms with E-state index in [4.69, 9.17) is 16.3 Å². The number of rotatable bonds is 3. The number of halogens is 1. The summed E-state index contributed by atoms with van der Waals surface area (Å²) in [6.45, 7) is 7.00. The van der Waals surface area contributed by atoms with Crippen molar-refractivity contribution in [1.29, 1.82) is 0 Å². The van der Waals surface area contributed by atoms with Crippen LogP contribution < -0.4 is 9.64 Å². The highest BCUT2D eigenvalue weighted by molar-refractivity contribution is 6.28. The van der Waals surface area contributed by atoms with Crippen molar-refractivity contribution in [3.05, 3.63) is 5.28 Å². The molecule has 2 heterocycles. The van der Waals surface area contributed by atoms with Crippen LogP contribution in [-0.2, 0) is 0 Å². The molecule has 1 aromatic rings. The third-order valence-corrected chi connectivity index (χ3v) is 3.15. The zero-order valence-corrected chi connectivity index (χ0v) is 11.8. The Balaban J connectivity index is 2.23. The highest BCUT2D eigenvalue weighted by Crippen LogP contribution is 2.23. The highest BCUT2D eigenvalue weighted by atomic mass is 35.5. The number of anilines is 1. The quantitative estimate of drug-likeness (QED) is 0.845. The van der Waals surface area contributed by atoms with E-state index in [-0.39, 0.29) is 11.4 Å². The van der Waals surface area contributed by atoms with Gasteiger partial charge in [-0.1, -0.05) is 0 Å². The van der Waals surface area contributed by atoms with Crippen molar-refractivity contribution >= 4 is 17.5 Å². The van der Waals surface area contributed by atoms with E-state index in [2.05, 4.69) is 26.8 Å². The molecule has 100 valence electrons. The van der Waals surface area contributed by atoms with Gasteiger partial charge in [-0.2, -0.15) is 15.0 Å². The molecule has 1 aliphatic rings. The Hall–Kier alpha value is -1.10. The van der Waals surface area contributed by atoms with Crippen LogP contribution in [-0.4, -0.2) is 33.6 Å². The van der Waals surface area contributed by atoms with Crippen molar-refractivity contribution in [2.75, 3.05) is 11.4 Å². The van der Waals surface area contributed by atoms with E-state index in [0.29, 0.717) is 18.0 Å². The molecule has 0 bridgehead atoms. The van der Waals surface area contributed by atoms with Gasteiger partial charge in [-0.05, 0) is 51.6 Å². The van der Waals surface area contributed by atoms with Gasteiger partial charge in [0.05, 0.1) is 6.10 Å². The Kier molecular flexibility index (Phi) is 4.22. The Morgan fingerprint density at radius 2 is 2.06 bits per heavy atom. The van der Waals surface area contributed by atoms with Crippen LogP contribution in [0.5, 0.6) is 6.01 Å². The van der Waals surface area contributed by atoms with Crippen molar-refractivity contribution in [3.63, 3.8) is 0 Å². The lowest BCUT2D eigenvalue weighted by molar-refractivity contribution is 0.221. The SMILES string of the molecule is CC(C)Oc1nc(Cl)nc(N2CCCCC2C)n1. The number of ether oxygens (including phenoxy) is 1. The van der Waals surface area contributed by atoms with Crippen molar-refractivity contribution < 1.29 is 4.74 Å². The predicted octanol–water partition coefficient (Wildman–Crippen LogP) is 2.69. The lowest BCUT2D eigenvalue weighted by atomic mass is 10.0.